The highest BCUT2D eigenvalue weighted by atomic mass is 16.5. The largest absolute Gasteiger partial charge is 0.619 e. The Labute approximate surface area is 70.7 Å². The fourth-order valence-corrected chi connectivity index (χ4v) is 1.35. The van der Waals surface area contributed by atoms with Crippen molar-refractivity contribution in [3.63, 3.8) is 0 Å². The molecule has 0 spiro atoms. The minimum atomic E-state index is 0.829. The maximum absolute atomic E-state index is 11.0. The van der Waals surface area contributed by atoms with Crippen LogP contribution < -0.4 is 4.73 Å². The molecule has 0 aliphatic heterocycles. The van der Waals surface area contributed by atoms with Crippen molar-refractivity contribution < 1.29 is 4.73 Å². The monoisotopic (exact) mass is 159 g/mol. The zero-order chi connectivity index (χ0) is 8.55. The second kappa shape index (κ2) is 2.48. The van der Waals surface area contributed by atoms with Crippen LogP contribution in [-0.4, -0.2) is 0 Å². The van der Waals surface area contributed by atoms with Gasteiger partial charge in [0.05, 0.1) is 0 Å². The Hall–Kier alpha value is -1.57. The van der Waals surface area contributed by atoms with E-state index in [1.165, 1.54) is 6.20 Å². The topological polar surface area (TPSA) is 26.9 Å². The first-order valence-electron chi connectivity index (χ1n) is 3.85. The van der Waals surface area contributed by atoms with E-state index in [1.807, 2.05) is 31.2 Å². The second-order valence-electron chi connectivity index (χ2n) is 2.88. The summed E-state index contributed by atoms with van der Waals surface area (Å²) in [6.07, 6.45) is 3.12. The maximum Gasteiger partial charge on any atom is 0.188 e. The van der Waals surface area contributed by atoms with Crippen LogP contribution in [0.1, 0.15) is 5.56 Å². The van der Waals surface area contributed by atoms with Gasteiger partial charge in [-0.25, -0.2) is 0 Å². The lowest BCUT2D eigenvalue weighted by atomic mass is 10.1. The van der Waals surface area contributed by atoms with Crippen LogP contribution in [-0.2, 0) is 0 Å². The first-order chi connectivity index (χ1) is 5.77. The molecule has 1 aromatic carbocycles. The van der Waals surface area contributed by atoms with Crippen LogP contribution >= 0.6 is 0 Å². The zero-order valence-electron chi connectivity index (χ0n) is 6.82. The fourth-order valence-electron chi connectivity index (χ4n) is 1.35. The number of fused-ring (bicyclic) bond motifs is 1. The van der Waals surface area contributed by atoms with E-state index in [4.69, 9.17) is 0 Å². The summed E-state index contributed by atoms with van der Waals surface area (Å²) in [5, 5.41) is 13.1. The predicted octanol–water partition coefficient (Wildman–Crippen LogP) is 1.78. The van der Waals surface area contributed by atoms with Gasteiger partial charge in [-0.3, -0.25) is 0 Å². The summed E-state index contributed by atoms with van der Waals surface area (Å²) in [6.45, 7) is 2.00. The fraction of sp³-hybridized carbons (Fsp3) is 0.100. The van der Waals surface area contributed by atoms with Crippen LogP contribution in [0.25, 0.3) is 10.8 Å². The summed E-state index contributed by atoms with van der Waals surface area (Å²) in [6, 6.07) is 7.83. The summed E-state index contributed by atoms with van der Waals surface area (Å²) < 4.78 is 0.829. The first kappa shape index (κ1) is 7.10. The molecule has 0 saturated heterocycles. The molecule has 2 heteroatoms. The molecule has 12 heavy (non-hydrogen) atoms. The number of rotatable bonds is 0. The molecule has 0 fully saturated rings. The number of hydrogen-bond acceptors (Lipinski definition) is 1. The molecule has 0 radical (unpaired) electrons. The molecule has 2 nitrogen and oxygen atoms in total. The Kier molecular flexibility index (Phi) is 1.47. The number of aromatic nitrogens is 1. The van der Waals surface area contributed by atoms with Crippen LogP contribution in [0.4, 0.5) is 0 Å². The molecular weight excluding hydrogens is 150 g/mol. The van der Waals surface area contributed by atoms with Crippen molar-refractivity contribution >= 4 is 10.8 Å². The van der Waals surface area contributed by atoms with E-state index in [9.17, 15) is 5.21 Å². The molecule has 0 unspecified atom stereocenters. The standard InChI is InChI=1S/C10H9NO/c1-8-3-2-4-9-5-6-11(12)7-10(8)9/h2-7H,1H3. The predicted molar refractivity (Wildman–Crippen MR) is 47.6 cm³/mol. The van der Waals surface area contributed by atoms with E-state index in [0.29, 0.717) is 0 Å². The van der Waals surface area contributed by atoms with E-state index in [1.54, 1.807) is 6.20 Å². The number of aryl methyl sites for hydroxylation is 1. The lowest BCUT2D eigenvalue weighted by Gasteiger charge is -2.00. The molecule has 1 aromatic heterocycles. The van der Waals surface area contributed by atoms with Gasteiger partial charge in [-0.1, -0.05) is 18.2 Å². The van der Waals surface area contributed by atoms with Gasteiger partial charge in [-0.2, -0.15) is 4.73 Å². The van der Waals surface area contributed by atoms with Crippen LogP contribution in [0.5, 0.6) is 0 Å². The van der Waals surface area contributed by atoms with Gasteiger partial charge in [-0.05, 0) is 17.9 Å². The first-order valence-corrected chi connectivity index (χ1v) is 3.85. The van der Waals surface area contributed by atoms with Crippen molar-refractivity contribution in [2.24, 2.45) is 0 Å². The van der Waals surface area contributed by atoms with Crippen molar-refractivity contribution in [1.82, 2.24) is 0 Å². The van der Waals surface area contributed by atoms with E-state index >= 15 is 0 Å². The normalized spacial score (nSPS) is 10.4. The van der Waals surface area contributed by atoms with E-state index < -0.39 is 0 Å². The minimum Gasteiger partial charge on any atom is -0.619 e. The Bertz CT molecular complexity index is 423. The SMILES string of the molecule is Cc1cccc2cc[n+]([O-])cc12. The van der Waals surface area contributed by atoms with Crippen molar-refractivity contribution in [3.8, 4) is 0 Å². The molecule has 1 heterocycles. The average molecular weight is 159 g/mol. The van der Waals surface area contributed by atoms with Gasteiger partial charge in [0.25, 0.3) is 0 Å². The van der Waals surface area contributed by atoms with Crippen molar-refractivity contribution in [3.05, 3.63) is 47.4 Å². The smallest absolute Gasteiger partial charge is 0.188 e. The molecule has 2 rings (SSSR count). The molecule has 0 atom stereocenters. The highest BCUT2D eigenvalue weighted by Gasteiger charge is 1.98. The third-order valence-electron chi connectivity index (χ3n) is 2.02. The number of hydrogen-bond donors (Lipinski definition) is 0. The van der Waals surface area contributed by atoms with Crippen molar-refractivity contribution in [1.29, 1.82) is 0 Å². The molecule has 2 aromatic rings. The van der Waals surface area contributed by atoms with E-state index in [2.05, 4.69) is 0 Å². The van der Waals surface area contributed by atoms with Gasteiger partial charge < -0.3 is 5.21 Å². The molecular formula is C10H9NO. The van der Waals surface area contributed by atoms with E-state index in [0.717, 1.165) is 21.1 Å². The lowest BCUT2D eigenvalue weighted by molar-refractivity contribution is -0.603. The summed E-state index contributed by atoms with van der Waals surface area (Å²) in [4.78, 5) is 0. The molecule has 0 aliphatic rings. The van der Waals surface area contributed by atoms with Gasteiger partial charge in [0.2, 0.25) is 0 Å². The quantitative estimate of drug-likeness (QED) is 0.425. The van der Waals surface area contributed by atoms with Gasteiger partial charge >= 0.3 is 0 Å². The third kappa shape index (κ3) is 1.01. The summed E-state index contributed by atoms with van der Waals surface area (Å²) >= 11 is 0. The van der Waals surface area contributed by atoms with Gasteiger partial charge in [0.15, 0.2) is 12.4 Å². The Balaban J connectivity index is 2.88. The lowest BCUT2D eigenvalue weighted by Crippen LogP contribution is -2.23. The van der Waals surface area contributed by atoms with E-state index in [-0.39, 0.29) is 0 Å². The van der Waals surface area contributed by atoms with Gasteiger partial charge in [-0.15, -0.1) is 0 Å². The third-order valence-corrected chi connectivity index (χ3v) is 2.02. The van der Waals surface area contributed by atoms with Crippen LogP contribution in [0.3, 0.4) is 0 Å². The Morgan fingerprint density at radius 3 is 2.92 bits per heavy atom. The number of nitrogens with zero attached hydrogens (tertiary/aromatic N) is 1. The summed E-state index contributed by atoms with van der Waals surface area (Å²) in [5.41, 5.74) is 1.14. The summed E-state index contributed by atoms with van der Waals surface area (Å²) in [5.74, 6) is 0. The van der Waals surface area contributed by atoms with Crippen molar-refractivity contribution in [2.45, 2.75) is 6.92 Å². The maximum atomic E-state index is 11.0. The zero-order valence-corrected chi connectivity index (χ0v) is 6.82. The molecule has 0 aliphatic carbocycles. The van der Waals surface area contributed by atoms with Gasteiger partial charge in [0, 0.05) is 11.5 Å². The second-order valence-corrected chi connectivity index (χ2v) is 2.88. The molecule has 0 saturated carbocycles. The Morgan fingerprint density at radius 2 is 2.08 bits per heavy atom. The van der Waals surface area contributed by atoms with Crippen LogP contribution in [0.2, 0.25) is 0 Å². The Morgan fingerprint density at radius 1 is 1.25 bits per heavy atom. The number of pyridine rings is 1. The molecule has 0 amide bonds. The highest BCUT2D eigenvalue weighted by molar-refractivity contribution is 5.83. The number of benzene rings is 1. The molecule has 0 bridgehead atoms. The average Bonchev–Trinajstić information content (AvgIpc) is 2.07. The van der Waals surface area contributed by atoms with Gasteiger partial charge in [0.1, 0.15) is 0 Å². The van der Waals surface area contributed by atoms with Crippen LogP contribution in [0, 0.1) is 12.1 Å². The summed E-state index contributed by atoms with van der Waals surface area (Å²) in [7, 11) is 0. The molecule has 0 N–H and O–H groups in total. The highest BCUT2D eigenvalue weighted by Crippen LogP contribution is 2.14. The molecule has 60 valence electrons. The van der Waals surface area contributed by atoms with Crippen LogP contribution in [0.15, 0.2) is 36.7 Å². The minimum absolute atomic E-state index is 0.829. The van der Waals surface area contributed by atoms with Crippen molar-refractivity contribution in [2.75, 3.05) is 0 Å².